The number of unbranched alkanes of at least 4 members (excludes halogenated alkanes) is 1. The number of nitrogens with two attached hydrogens (primary N) is 1. The van der Waals surface area contributed by atoms with Gasteiger partial charge in [0.05, 0.1) is 6.61 Å². The topological polar surface area (TPSA) is 458 Å². The summed E-state index contributed by atoms with van der Waals surface area (Å²) < 4.78 is 0. The van der Waals surface area contributed by atoms with E-state index in [1.165, 1.54) is 75.4 Å². The highest BCUT2D eigenvalue weighted by Crippen LogP contribution is 2.24. The number of halogens is 1. The Balaban J connectivity index is 1.20. The lowest BCUT2D eigenvalue weighted by Crippen LogP contribution is -2.72. The van der Waals surface area contributed by atoms with Crippen molar-refractivity contribution in [3.8, 4) is 0 Å². The Morgan fingerprint density at radius 2 is 1.04 bits per heavy atom. The van der Waals surface area contributed by atoms with Crippen LogP contribution in [-0.4, -0.2) is 190 Å². The second-order valence-corrected chi connectivity index (χ2v) is 29.2. The molecule has 0 radical (unpaired) electrons. The summed E-state index contributed by atoms with van der Waals surface area (Å²) in [5.74, 6) is -11.8. The molecule has 13 amide bonds. The standard InChI is InChI=1S/C81H103ClN16O15/c1-46(2)38-63(72(105)90-62(19-12-13-36-86-47(3)4)79(112)98-37-15-20-69(98)78(111)87-48(5)71(83)104)91-73(106)64(39-53-23-31-60(32-24-53)88-49(6)100)92-74(107)65(40-54-25-33-61(34-26-54)89-50(7)101)94-77(110)68(45-99)95-75(108)66(42-55-16-14-35-85-44-55)93-76(109)67(41-52-21-29-59(82)30-22-52)96-80(113)81(84-9,97-51(8)102)70(103)58-28-27-56-17-10-11-18-57(56)43-58/h10-11,14,16-18,21-35,43-44,46-48,62-69,84,86,99H,12-13,15,19-20,36-42,45H2,1-9H3,(H2,83,104)(H,87,111)(H,88,100)(H,89,101)(H,90,105)(H,91,106)(H,92,107)(H,93,109)(H,94,110)(H,95,108)(H,96,113)(H,97,102)/t48-,62+,63+,64-,65+,66-,67-,68+,69+,81+/m1/s1. The van der Waals surface area contributed by atoms with E-state index in [-0.39, 0.29) is 80.8 Å². The highest BCUT2D eigenvalue weighted by Gasteiger charge is 2.48. The summed E-state index contributed by atoms with van der Waals surface area (Å²) in [6.45, 7) is 12.3. The largest absolute Gasteiger partial charge is 0.394 e. The number of aliphatic hydroxyl groups is 1. The third-order valence-electron chi connectivity index (χ3n) is 18.8. The Morgan fingerprint density at radius 1 is 0.549 bits per heavy atom. The Bertz CT molecular complexity index is 4360. The van der Waals surface area contributed by atoms with E-state index in [2.05, 4.69) is 74.1 Å². The van der Waals surface area contributed by atoms with Crippen LogP contribution in [0.15, 0.2) is 140 Å². The number of nitrogens with zero attached hydrogens (tertiary/aromatic N) is 2. The van der Waals surface area contributed by atoms with E-state index in [0.717, 1.165) is 12.3 Å². The molecule has 6 aromatic rings. The Hall–Kier alpha value is -11.5. The molecule has 0 bridgehead atoms. The molecule has 10 atom stereocenters. The summed E-state index contributed by atoms with van der Waals surface area (Å²) in [5, 5.41) is 48.1. The van der Waals surface area contributed by atoms with E-state index in [1.807, 2.05) is 19.9 Å². The fraction of sp³-hybridized carbons (Fsp3) is 0.420. The summed E-state index contributed by atoms with van der Waals surface area (Å²) in [6.07, 6.45) is 3.50. The third-order valence-corrected chi connectivity index (χ3v) is 19.0. The zero-order chi connectivity index (χ0) is 82.6. The smallest absolute Gasteiger partial charge is 0.269 e. The van der Waals surface area contributed by atoms with Crippen molar-refractivity contribution < 1.29 is 72.2 Å². The normalized spacial score (nSPS) is 15.2. The monoisotopic (exact) mass is 1570 g/mol. The van der Waals surface area contributed by atoms with E-state index in [4.69, 9.17) is 17.3 Å². The van der Waals surface area contributed by atoms with E-state index in [1.54, 1.807) is 105 Å². The van der Waals surface area contributed by atoms with Gasteiger partial charge < -0.3 is 79.5 Å². The highest BCUT2D eigenvalue weighted by atomic mass is 35.5. The van der Waals surface area contributed by atoms with Crippen LogP contribution < -0.4 is 74.9 Å². The van der Waals surface area contributed by atoms with Crippen molar-refractivity contribution in [1.29, 1.82) is 0 Å². The number of carbonyl (C=O) groups excluding carboxylic acids is 14. The molecular weight excluding hydrogens is 1470 g/mol. The lowest BCUT2D eigenvalue weighted by molar-refractivity contribution is -0.142. The molecular formula is C81H103ClN16O15. The van der Waals surface area contributed by atoms with Crippen LogP contribution in [0.2, 0.25) is 5.02 Å². The molecule has 32 heteroatoms. The number of fused-ring (bicyclic) bond motifs is 1. The quantitative estimate of drug-likeness (QED) is 0.0113. The van der Waals surface area contributed by atoms with Gasteiger partial charge in [-0.05, 0) is 147 Å². The zero-order valence-corrected chi connectivity index (χ0v) is 65.6. The SMILES string of the molecule is CN[C@@](NC(C)=O)(C(=O)N[C@H](Cc1ccc(Cl)cc1)C(=O)N[C@H](Cc1cccnc1)C(=O)N[C@@H](CO)C(=O)N[C@@H](Cc1ccc(NC(C)=O)cc1)C(=O)N[C@H](Cc1ccc(NC(C)=O)cc1)C(=O)N[C@@H](CC(C)C)C(=O)N[C@@H](CCCCNC(C)C)C(=O)N1CCC[C@H]1C(=O)N[C@H](C)C(N)=O)C(=O)c1ccc2ccccc2c1. The Labute approximate surface area is 661 Å². The van der Waals surface area contributed by atoms with Crippen molar-refractivity contribution in [3.05, 3.63) is 173 Å². The molecule has 1 aliphatic rings. The highest BCUT2D eigenvalue weighted by molar-refractivity contribution is 6.30. The van der Waals surface area contributed by atoms with Gasteiger partial charge in [-0.1, -0.05) is 118 Å². The molecule has 2 heterocycles. The van der Waals surface area contributed by atoms with Crippen LogP contribution in [0.25, 0.3) is 10.8 Å². The number of pyridine rings is 1. The van der Waals surface area contributed by atoms with Gasteiger partial charge >= 0.3 is 0 Å². The number of benzene rings is 5. The maximum Gasteiger partial charge on any atom is 0.269 e. The molecule has 0 aliphatic carbocycles. The van der Waals surface area contributed by atoms with Crippen LogP contribution in [0.4, 0.5) is 11.4 Å². The number of rotatable bonds is 41. The van der Waals surface area contributed by atoms with Crippen LogP contribution in [0.1, 0.15) is 127 Å². The molecule has 31 nitrogen and oxygen atoms in total. The Kier molecular flexibility index (Phi) is 33.5. The molecule has 113 heavy (non-hydrogen) atoms. The molecule has 1 saturated heterocycles. The number of primary amides is 1. The summed E-state index contributed by atoms with van der Waals surface area (Å²) in [4.78, 5) is 203. The van der Waals surface area contributed by atoms with Crippen molar-refractivity contribution in [3.63, 3.8) is 0 Å². The van der Waals surface area contributed by atoms with Crippen LogP contribution in [0, 0.1) is 5.92 Å². The molecule has 1 fully saturated rings. The van der Waals surface area contributed by atoms with Crippen molar-refractivity contribution >= 4 is 116 Å². The fourth-order valence-electron chi connectivity index (χ4n) is 12.9. The number of hydrogen-bond acceptors (Lipinski definition) is 18. The van der Waals surface area contributed by atoms with Gasteiger partial charge in [-0.2, -0.15) is 0 Å². The first-order valence-electron chi connectivity index (χ1n) is 37.5. The summed E-state index contributed by atoms with van der Waals surface area (Å²) in [7, 11) is 1.27. The molecule has 1 aromatic heterocycles. The second kappa shape index (κ2) is 42.8. The summed E-state index contributed by atoms with van der Waals surface area (Å²) in [5.41, 5.74) is 5.34. The average Bonchev–Trinajstić information content (AvgIpc) is 1.22. The minimum atomic E-state index is -2.53. The first-order valence-corrected chi connectivity index (χ1v) is 37.9. The van der Waals surface area contributed by atoms with Gasteiger partial charge in [0.1, 0.15) is 54.4 Å². The number of Topliss-reactive ketones (excluding diaryl/α,β-unsaturated/α-hetero) is 1. The number of likely N-dealkylation sites (tertiary alicyclic amines) is 1. The number of likely N-dealkylation sites (N-methyl/N-ethyl adjacent to an activating group) is 1. The predicted molar refractivity (Wildman–Crippen MR) is 424 cm³/mol. The molecule has 0 unspecified atom stereocenters. The number of anilines is 2. The zero-order valence-electron chi connectivity index (χ0n) is 64.8. The van der Waals surface area contributed by atoms with E-state index < -0.39 is 137 Å². The van der Waals surface area contributed by atoms with Gasteiger partial charge in [0, 0.05) is 93.4 Å². The molecule has 16 N–H and O–H groups in total. The fourth-order valence-corrected chi connectivity index (χ4v) is 13.0. The minimum absolute atomic E-state index is 0.00407. The summed E-state index contributed by atoms with van der Waals surface area (Å²) in [6, 6.07) is 20.8. The van der Waals surface area contributed by atoms with Gasteiger partial charge in [-0.15, -0.1) is 0 Å². The number of hydrogen-bond donors (Lipinski definition) is 15. The van der Waals surface area contributed by atoms with Crippen LogP contribution in [0.5, 0.6) is 0 Å². The molecule has 604 valence electrons. The number of ketones is 1. The van der Waals surface area contributed by atoms with E-state index in [0.29, 0.717) is 69.8 Å². The minimum Gasteiger partial charge on any atom is -0.394 e. The van der Waals surface area contributed by atoms with Gasteiger partial charge in [0.2, 0.25) is 82.3 Å². The first-order chi connectivity index (χ1) is 53.8. The van der Waals surface area contributed by atoms with Gasteiger partial charge in [-0.3, -0.25) is 77.4 Å². The lowest BCUT2D eigenvalue weighted by Gasteiger charge is -2.33. The predicted octanol–water partition coefficient (Wildman–Crippen LogP) is 2.59. The molecule has 0 spiro atoms. The lowest BCUT2D eigenvalue weighted by atomic mass is 9.93. The molecule has 1 aliphatic heterocycles. The number of carbonyl (C=O) groups is 14. The molecule has 5 aromatic carbocycles. The maximum atomic E-state index is 15.3. The summed E-state index contributed by atoms with van der Waals surface area (Å²) >= 11 is 6.27. The maximum absolute atomic E-state index is 15.3. The van der Waals surface area contributed by atoms with Crippen molar-refractivity contribution in [2.45, 2.75) is 186 Å². The van der Waals surface area contributed by atoms with E-state index in [9.17, 15) is 57.8 Å². The number of aromatic nitrogens is 1. The molecule has 7 rings (SSSR count). The van der Waals surface area contributed by atoms with Gasteiger partial charge in [0.25, 0.3) is 5.91 Å². The van der Waals surface area contributed by atoms with Crippen molar-refractivity contribution in [2.75, 3.05) is 37.4 Å². The van der Waals surface area contributed by atoms with Crippen LogP contribution >= 0.6 is 11.6 Å². The first kappa shape index (κ1) is 88.7. The Morgan fingerprint density at radius 3 is 1.52 bits per heavy atom. The molecule has 0 saturated carbocycles. The number of nitrogens with one attached hydrogen (secondary N) is 13. The van der Waals surface area contributed by atoms with E-state index >= 15 is 14.4 Å². The van der Waals surface area contributed by atoms with Gasteiger partial charge in [-0.25, -0.2) is 0 Å². The van der Waals surface area contributed by atoms with Crippen molar-refractivity contribution in [1.82, 2.24) is 68.4 Å². The van der Waals surface area contributed by atoms with Crippen molar-refractivity contribution in [2.24, 2.45) is 11.7 Å². The third kappa shape index (κ3) is 26.8. The number of aliphatic hydroxyl groups excluding tert-OH is 1. The number of amides is 13. The second-order valence-electron chi connectivity index (χ2n) is 28.8. The van der Waals surface area contributed by atoms with Crippen LogP contribution in [0.3, 0.4) is 0 Å². The van der Waals surface area contributed by atoms with Gasteiger partial charge in [0.15, 0.2) is 0 Å². The van der Waals surface area contributed by atoms with Crippen LogP contribution in [-0.2, 0) is 88.0 Å². The average molecular weight is 1580 g/mol.